The predicted octanol–water partition coefficient (Wildman–Crippen LogP) is 4.00. The molecule has 9 nitrogen and oxygen atoms in total. The Labute approximate surface area is 199 Å². The number of nitrogens with one attached hydrogen (secondary N) is 1. The van der Waals surface area contributed by atoms with Crippen molar-refractivity contribution in [3.8, 4) is 23.0 Å². The third-order valence-electron chi connectivity index (χ3n) is 4.61. The molecule has 5 rings (SSSR count). The number of anilines is 1. The molecule has 1 atom stereocenters. The van der Waals surface area contributed by atoms with Gasteiger partial charge in [0.25, 0.3) is 0 Å². The van der Waals surface area contributed by atoms with Crippen LogP contribution in [0.2, 0.25) is 0 Å². The predicted molar refractivity (Wildman–Crippen MR) is 126 cm³/mol. The van der Waals surface area contributed by atoms with Crippen molar-refractivity contribution < 1.29 is 14.0 Å². The Morgan fingerprint density at radius 2 is 1.91 bits per heavy atom. The van der Waals surface area contributed by atoms with Gasteiger partial charge in [0.1, 0.15) is 24.8 Å². The van der Waals surface area contributed by atoms with Crippen molar-refractivity contribution in [2.45, 2.75) is 18.1 Å². The summed E-state index contributed by atoms with van der Waals surface area (Å²) < 4.78 is 28.9. The van der Waals surface area contributed by atoms with Gasteiger partial charge in [-0.05, 0) is 33.6 Å². The highest BCUT2D eigenvalue weighted by Gasteiger charge is 2.36. The molecule has 1 N–H and O–H groups in total. The van der Waals surface area contributed by atoms with Crippen LogP contribution in [-0.4, -0.2) is 47.9 Å². The van der Waals surface area contributed by atoms with E-state index in [0.717, 1.165) is 33.1 Å². The van der Waals surface area contributed by atoms with Crippen LogP contribution in [0.1, 0.15) is 12.8 Å². The van der Waals surface area contributed by atoms with Crippen LogP contribution in [0.25, 0.3) is 21.3 Å². The smallest absolute Gasteiger partial charge is 0.316 e. The maximum Gasteiger partial charge on any atom is 0.316 e. The van der Waals surface area contributed by atoms with Crippen LogP contribution in [0.5, 0.6) is 11.9 Å². The molecule has 0 bridgehead atoms. The van der Waals surface area contributed by atoms with Crippen molar-refractivity contribution >= 4 is 54.7 Å². The minimum atomic E-state index is -1.21. The Hall–Kier alpha value is -2.54. The zero-order valence-corrected chi connectivity index (χ0v) is 19.8. The summed E-state index contributed by atoms with van der Waals surface area (Å²) in [5, 5.41) is 0.155. The van der Waals surface area contributed by atoms with E-state index >= 15 is 0 Å². The second kappa shape index (κ2) is 9.53. The Kier molecular flexibility index (Phi) is 6.35. The summed E-state index contributed by atoms with van der Waals surface area (Å²) >= 11 is 3.64. The van der Waals surface area contributed by atoms with Crippen molar-refractivity contribution in [2.24, 2.45) is 0 Å². The summed E-state index contributed by atoms with van der Waals surface area (Å²) in [7, 11) is 0. The molecule has 32 heavy (non-hydrogen) atoms. The molecule has 4 aromatic rings. The molecule has 0 aliphatic heterocycles. The van der Waals surface area contributed by atoms with Gasteiger partial charge in [-0.2, -0.15) is 4.72 Å². The Morgan fingerprint density at radius 1 is 1.09 bits per heavy atom. The van der Waals surface area contributed by atoms with E-state index in [9.17, 15) is 4.55 Å². The van der Waals surface area contributed by atoms with Gasteiger partial charge in [-0.1, -0.05) is 6.07 Å². The number of hydrogen-bond acceptors (Lipinski definition) is 10. The van der Waals surface area contributed by atoms with Gasteiger partial charge < -0.3 is 14.0 Å². The normalized spacial score (nSPS) is 14.3. The molecule has 164 valence electrons. The number of hydrogen-bond donors (Lipinski definition) is 1. The van der Waals surface area contributed by atoms with E-state index in [1.54, 1.807) is 29.2 Å². The highest BCUT2D eigenvalue weighted by Crippen LogP contribution is 2.38. The fraction of sp³-hybridized carbons (Fsp3) is 0.250. The monoisotopic (exact) mass is 532 g/mol. The van der Waals surface area contributed by atoms with Gasteiger partial charge >= 0.3 is 6.01 Å². The molecule has 12 heteroatoms. The first-order valence-electron chi connectivity index (χ1n) is 9.76. The van der Waals surface area contributed by atoms with Crippen LogP contribution in [0.15, 0.2) is 46.9 Å². The zero-order chi connectivity index (χ0) is 21.9. The first-order valence-corrected chi connectivity index (χ1v) is 12.6. The Bertz CT molecular complexity index is 1220. The van der Waals surface area contributed by atoms with E-state index in [0.29, 0.717) is 17.3 Å². The van der Waals surface area contributed by atoms with Crippen LogP contribution in [0.4, 0.5) is 5.82 Å². The molecule has 1 fully saturated rings. The third kappa shape index (κ3) is 4.93. The van der Waals surface area contributed by atoms with Crippen molar-refractivity contribution in [1.29, 1.82) is 0 Å². The number of halogens is 1. The third-order valence-corrected chi connectivity index (χ3v) is 7.30. The SMILES string of the molecule is [O-][S+](Nc1ncnc(OCCOc2ncc(Br)cn2)c1-c1ccc2scnc2c1)C1CC1. The summed E-state index contributed by atoms with van der Waals surface area (Å²) in [4.78, 5) is 21.2. The lowest BCUT2D eigenvalue weighted by atomic mass is 10.1. The molecule has 1 aliphatic carbocycles. The molecule has 0 spiro atoms. The molecular formula is C20H17BrN6O3S2. The molecule has 1 unspecified atom stereocenters. The van der Waals surface area contributed by atoms with Crippen molar-refractivity contribution in [2.75, 3.05) is 17.9 Å². The molecule has 1 aromatic carbocycles. The molecule has 1 saturated carbocycles. The number of aromatic nitrogens is 5. The Morgan fingerprint density at radius 3 is 2.72 bits per heavy atom. The molecule has 1 aliphatic rings. The van der Waals surface area contributed by atoms with Gasteiger partial charge in [-0.15, -0.1) is 11.3 Å². The molecule has 0 amide bonds. The molecule has 0 radical (unpaired) electrons. The van der Waals surface area contributed by atoms with E-state index in [1.807, 2.05) is 18.2 Å². The molecule has 0 saturated heterocycles. The summed E-state index contributed by atoms with van der Waals surface area (Å²) in [5.41, 5.74) is 4.13. The first kappa shape index (κ1) is 21.3. The maximum atomic E-state index is 12.5. The quantitative estimate of drug-likeness (QED) is 0.252. The van der Waals surface area contributed by atoms with Crippen molar-refractivity contribution in [3.63, 3.8) is 0 Å². The topological polar surface area (TPSA) is 118 Å². The lowest BCUT2D eigenvalue weighted by molar-refractivity contribution is 0.202. The van der Waals surface area contributed by atoms with E-state index in [4.69, 9.17) is 9.47 Å². The van der Waals surface area contributed by atoms with Crippen LogP contribution in [0, 0.1) is 0 Å². The highest BCUT2D eigenvalue weighted by molar-refractivity contribution is 9.10. The van der Waals surface area contributed by atoms with Crippen LogP contribution in [-0.2, 0) is 11.4 Å². The fourth-order valence-electron chi connectivity index (χ4n) is 2.94. The zero-order valence-electron chi connectivity index (χ0n) is 16.6. The average Bonchev–Trinajstić information content (AvgIpc) is 3.55. The van der Waals surface area contributed by atoms with Crippen LogP contribution >= 0.6 is 27.3 Å². The van der Waals surface area contributed by atoms with Gasteiger partial charge in [0.15, 0.2) is 5.82 Å². The minimum absolute atomic E-state index is 0.155. The van der Waals surface area contributed by atoms with E-state index in [-0.39, 0.29) is 24.5 Å². The highest BCUT2D eigenvalue weighted by atomic mass is 79.9. The van der Waals surface area contributed by atoms with Crippen LogP contribution in [0.3, 0.4) is 0 Å². The number of thiazole rings is 1. The maximum absolute atomic E-state index is 12.5. The standard InChI is InChI=1S/C20H17BrN6O3S2/c21-13-8-22-20(23-9-13)30-6-5-29-19-17(12-1-4-16-15(7-12)26-11-31-16)18(24-10-25-19)27-32(28)14-2-3-14/h1,4,7-11,14H,2-3,5-6H2,(H,24,25,27). The summed E-state index contributed by atoms with van der Waals surface area (Å²) in [6.45, 7) is 0.445. The number of fused-ring (bicyclic) bond motifs is 1. The summed E-state index contributed by atoms with van der Waals surface area (Å²) in [6.07, 6.45) is 6.51. The van der Waals surface area contributed by atoms with E-state index < -0.39 is 11.4 Å². The second-order valence-corrected chi connectivity index (χ2v) is 10.2. The van der Waals surface area contributed by atoms with Gasteiger partial charge in [0.2, 0.25) is 5.88 Å². The van der Waals surface area contributed by atoms with Crippen molar-refractivity contribution in [3.05, 3.63) is 46.9 Å². The summed E-state index contributed by atoms with van der Waals surface area (Å²) in [5.74, 6) is 0.831. The second-order valence-electron chi connectivity index (χ2n) is 6.92. The van der Waals surface area contributed by atoms with Gasteiger partial charge in [-0.25, -0.2) is 24.9 Å². The van der Waals surface area contributed by atoms with E-state index in [2.05, 4.69) is 45.6 Å². The van der Waals surface area contributed by atoms with Crippen LogP contribution < -0.4 is 14.2 Å². The summed E-state index contributed by atoms with van der Waals surface area (Å²) in [6, 6.07) is 6.17. The number of nitrogens with zero attached hydrogens (tertiary/aromatic N) is 5. The first-order chi connectivity index (χ1) is 15.7. The van der Waals surface area contributed by atoms with Gasteiger partial charge in [0, 0.05) is 25.2 Å². The molecule has 3 aromatic heterocycles. The minimum Gasteiger partial charge on any atom is -0.593 e. The number of rotatable bonds is 9. The lowest BCUT2D eigenvalue weighted by Crippen LogP contribution is -2.19. The van der Waals surface area contributed by atoms with Crippen molar-refractivity contribution in [1.82, 2.24) is 24.9 Å². The molecular weight excluding hydrogens is 516 g/mol. The van der Waals surface area contributed by atoms with Gasteiger partial charge in [0.05, 0.1) is 37.1 Å². The largest absolute Gasteiger partial charge is 0.593 e. The molecule has 3 heterocycles. The van der Waals surface area contributed by atoms with Gasteiger partial charge in [-0.3, -0.25) is 0 Å². The number of benzene rings is 1. The number of ether oxygens (including phenoxy) is 2. The lowest BCUT2D eigenvalue weighted by Gasteiger charge is -2.16. The fourth-order valence-corrected chi connectivity index (χ4v) is 4.88. The Balaban J connectivity index is 1.38. The average molecular weight is 533 g/mol. The van der Waals surface area contributed by atoms with E-state index in [1.165, 1.54) is 6.33 Å².